The summed E-state index contributed by atoms with van der Waals surface area (Å²) in [7, 11) is 1.60. The minimum atomic E-state index is -0.502. The molecule has 1 aromatic carbocycles. The Morgan fingerprint density at radius 1 is 0.885 bits per heavy atom. The highest BCUT2D eigenvalue weighted by Gasteiger charge is 2.41. The van der Waals surface area contributed by atoms with Gasteiger partial charge >= 0.3 is 0 Å². The van der Waals surface area contributed by atoms with E-state index in [-0.39, 0.29) is 29.9 Å². The van der Waals surface area contributed by atoms with Gasteiger partial charge in [0.1, 0.15) is 17.4 Å². The lowest BCUT2D eigenvalue weighted by molar-refractivity contribution is -0.127. The SMILES string of the molecule is COc1ccc([C@@H]2CN(C(=O)/C(C#N)=C/C(C)(C)CN3CCOCC3)C[C@H]2C(=O)NCCOCCOCCOCCOCCOCCNC=O)cc1. The van der Waals surface area contributed by atoms with Gasteiger partial charge in [-0.1, -0.05) is 32.1 Å². The molecule has 2 atom stereocenters. The average Bonchev–Trinajstić information content (AvgIpc) is 3.60. The first-order valence-corrected chi connectivity index (χ1v) is 18.0. The molecule has 290 valence electrons. The van der Waals surface area contributed by atoms with Gasteiger partial charge in [0.2, 0.25) is 12.3 Å². The normalized spacial score (nSPS) is 18.2. The third kappa shape index (κ3) is 16.0. The van der Waals surface area contributed by atoms with Crippen LogP contribution in [0.2, 0.25) is 0 Å². The zero-order chi connectivity index (χ0) is 37.4. The number of benzene rings is 1. The third-order valence-corrected chi connectivity index (χ3v) is 8.62. The zero-order valence-corrected chi connectivity index (χ0v) is 31.0. The van der Waals surface area contributed by atoms with Gasteiger partial charge < -0.3 is 48.7 Å². The minimum Gasteiger partial charge on any atom is -0.497 e. The fourth-order valence-corrected chi connectivity index (χ4v) is 6.06. The van der Waals surface area contributed by atoms with E-state index in [9.17, 15) is 19.6 Å². The Balaban J connectivity index is 1.38. The molecule has 3 rings (SSSR count). The number of morpholine rings is 1. The summed E-state index contributed by atoms with van der Waals surface area (Å²) in [4.78, 5) is 41.3. The lowest BCUT2D eigenvalue weighted by atomic mass is 9.88. The molecule has 0 aromatic heterocycles. The number of methoxy groups -OCH3 is 1. The van der Waals surface area contributed by atoms with Gasteiger partial charge in [0.25, 0.3) is 5.91 Å². The minimum absolute atomic E-state index is 0.0865. The van der Waals surface area contributed by atoms with Gasteiger partial charge in [0.15, 0.2) is 0 Å². The summed E-state index contributed by atoms with van der Waals surface area (Å²) in [5.41, 5.74) is 0.596. The number of amides is 3. The van der Waals surface area contributed by atoms with E-state index < -0.39 is 11.3 Å². The monoisotopic (exact) mass is 731 g/mol. The molecule has 52 heavy (non-hydrogen) atoms. The van der Waals surface area contributed by atoms with Crippen LogP contribution in [-0.2, 0) is 42.8 Å². The van der Waals surface area contributed by atoms with E-state index in [4.69, 9.17) is 33.2 Å². The molecular weight excluding hydrogens is 674 g/mol. The number of hydrogen-bond donors (Lipinski definition) is 2. The molecule has 0 aliphatic carbocycles. The van der Waals surface area contributed by atoms with Crippen LogP contribution in [0.25, 0.3) is 0 Å². The number of nitrogens with zero attached hydrogens (tertiary/aromatic N) is 3. The van der Waals surface area contributed by atoms with Crippen molar-refractivity contribution in [3.8, 4) is 11.8 Å². The van der Waals surface area contributed by atoms with E-state index >= 15 is 0 Å². The number of carbonyl (C=O) groups excluding carboxylic acids is 3. The van der Waals surface area contributed by atoms with Gasteiger partial charge in [-0.2, -0.15) is 5.26 Å². The molecule has 2 fully saturated rings. The first-order chi connectivity index (χ1) is 25.3. The van der Waals surface area contributed by atoms with Crippen molar-refractivity contribution in [2.24, 2.45) is 11.3 Å². The summed E-state index contributed by atoms with van der Waals surface area (Å²) in [6.07, 6.45) is 2.40. The fraction of sp³-hybridized carbons (Fsp3) is 0.676. The van der Waals surface area contributed by atoms with Crippen molar-refractivity contribution in [2.45, 2.75) is 19.8 Å². The van der Waals surface area contributed by atoms with Crippen LogP contribution < -0.4 is 15.4 Å². The lowest BCUT2D eigenvalue weighted by Crippen LogP contribution is -2.41. The van der Waals surface area contributed by atoms with Crippen LogP contribution in [0.1, 0.15) is 25.3 Å². The van der Waals surface area contributed by atoms with Crippen LogP contribution in [0.4, 0.5) is 0 Å². The molecule has 2 N–H and O–H groups in total. The first-order valence-electron chi connectivity index (χ1n) is 18.0. The van der Waals surface area contributed by atoms with E-state index in [1.165, 1.54) is 0 Å². The molecule has 1 aromatic rings. The van der Waals surface area contributed by atoms with Gasteiger partial charge in [0.05, 0.1) is 92.3 Å². The van der Waals surface area contributed by atoms with Gasteiger partial charge in [-0.25, -0.2) is 0 Å². The van der Waals surface area contributed by atoms with Crippen LogP contribution in [-0.4, -0.2) is 160 Å². The smallest absolute Gasteiger partial charge is 0.264 e. The number of nitrogens with one attached hydrogen (secondary N) is 2. The molecule has 2 aliphatic rings. The summed E-state index contributed by atoms with van der Waals surface area (Å²) in [5.74, 6) is -0.594. The van der Waals surface area contributed by atoms with Crippen molar-refractivity contribution in [2.75, 3.05) is 132 Å². The Kier molecular flexibility index (Phi) is 20.2. The van der Waals surface area contributed by atoms with E-state index in [0.717, 1.165) is 18.7 Å². The summed E-state index contributed by atoms with van der Waals surface area (Å²) >= 11 is 0. The molecular formula is C37H57N5O10. The highest BCUT2D eigenvalue weighted by molar-refractivity contribution is 5.98. The second-order valence-corrected chi connectivity index (χ2v) is 13.2. The number of ether oxygens (including phenoxy) is 7. The molecule has 0 bridgehead atoms. The number of nitriles is 1. The van der Waals surface area contributed by atoms with Crippen LogP contribution in [0.5, 0.6) is 5.75 Å². The molecule has 2 heterocycles. The van der Waals surface area contributed by atoms with Gasteiger partial charge in [-0.15, -0.1) is 0 Å². The molecule has 0 saturated carbocycles. The number of hydrogen-bond acceptors (Lipinski definition) is 12. The molecule has 2 saturated heterocycles. The Morgan fingerprint density at radius 2 is 1.44 bits per heavy atom. The molecule has 0 unspecified atom stereocenters. The summed E-state index contributed by atoms with van der Waals surface area (Å²) in [6, 6.07) is 9.66. The maximum absolute atomic E-state index is 13.7. The first kappa shape index (κ1) is 42.8. The maximum Gasteiger partial charge on any atom is 0.264 e. The lowest BCUT2D eigenvalue weighted by Gasteiger charge is -2.33. The molecule has 0 spiro atoms. The van der Waals surface area contributed by atoms with Crippen molar-refractivity contribution in [1.82, 2.24) is 20.4 Å². The summed E-state index contributed by atoms with van der Waals surface area (Å²) < 4.78 is 38.1. The Bertz CT molecular complexity index is 1270. The van der Waals surface area contributed by atoms with Crippen LogP contribution in [0.15, 0.2) is 35.9 Å². The largest absolute Gasteiger partial charge is 0.497 e. The number of likely N-dealkylation sites (tertiary alicyclic amines) is 1. The second-order valence-electron chi connectivity index (χ2n) is 13.2. The van der Waals surface area contributed by atoms with E-state index in [1.807, 2.05) is 38.1 Å². The van der Waals surface area contributed by atoms with Gasteiger partial charge in [-0.05, 0) is 23.1 Å². The molecule has 15 nitrogen and oxygen atoms in total. The van der Waals surface area contributed by atoms with Crippen molar-refractivity contribution >= 4 is 18.2 Å². The van der Waals surface area contributed by atoms with Crippen LogP contribution in [0.3, 0.4) is 0 Å². The quantitative estimate of drug-likeness (QED) is 0.0601. The highest BCUT2D eigenvalue weighted by atomic mass is 16.6. The van der Waals surface area contributed by atoms with Crippen molar-refractivity contribution in [1.29, 1.82) is 5.26 Å². The van der Waals surface area contributed by atoms with E-state index in [0.29, 0.717) is 118 Å². The van der Waals surface area contributed by atoms with Crippen molar-refractivity contribution in [3.63, 3.8) is 0 Å². The molecule has 3 amide bonds. The third-order valence-electron chi connectivity index (χ3n) is 8.62. The van der Waals surface area contributed by atoms with E-state index in [1.54, 1.807) is 18.1 Å². The van der Waals surface area contributed by atoms with Gasteiger partial charge in [0, 0.05) is 51.7 Å². The summed E-state index contributed by atoms with van der Waals surface area (Å²) in [5, 5.41) is 15.5. The zero-order valence-electron chi connectivity index (χ0n) is 31.0. The Morgan fingerprint density at radius 3 is 1.98 bits per heavy atom. The van der Waals surface area contributed by atoms with Crippen LogP contribution >= 0.6 is 0 Å². The highest BCUT2D eigenvalue weighted by Crippen LogP contribution is 2.35. The average molecular weight is 732 g/mol. The Labute approximate surface area is 307 Å². The predicted molar refractivity (Wildman–Crippen MR) is 192 cm³/mol. The fourth-order valence-electron chi connectivity index (χ4n) is 6.06. The molecule has 2 aliphatic heterocycles. The second kappa shape index (κ2) is 24.6. The van der Waals surface area contributed by atoms with Crippen LogP contribution in [0, 0.1) is 22.7 Å². The maximum atomic E-state index is 13.7. The van der Waals surface area contributed by atoms with Gasteiger partial charge in [-0.3, -0.25) is 19.3 Å². The molecule has 15 heteroatoms. The van der Waals surface area contributed by atoms with Crippen molar-refractivity contribution < 1.29 is 47.5 Å². The predicted octanol–water partition coefficient (Wildman–Crippen LogP) is 0.991. The number of carbonyl (C=O) groups is 3. The Hall–Kier alpha value is -3.62. The standard InChI is InChI=1S/C37H57N5O10/c1-37(2,28-41-10-14-49-15-11-41)24-31(25-38)36(45)42-26-33(30-4-6-32(46-3)7-5-30)34(27-42)35(44)40-9-13-48-17-19-51-21-23-52-22-20-50-18-16-47-12-8-39-29-43/h4-7,24,29,33-34H,8-23,26-28H2,1-3H3,(H,39,43)(H,40,44)/b31-24+/t33-,34+/m0/s1. The summed E-state index contributed by atoms with van der Waals surface area (Å²) in [6.45, 7) is 13.2. The topological polar surface area (TPSA) is 170 Å². The van der Waals surface area contributed by atoms with E-state index in [2.05, 4.69) is 21.6 Å². The molecule has 0 radical (unpaired) electrons. The number of rotatable bonds is 26. The van der Waals surface area contributed by atoms with Crippen molar-refractivity contribution in [3.05, 3.63) is 41.5 Å².